The topological polar surface area (TPSA) is 56.2 Å². The highest BCUT2D eigenvalue weighted by molar-refractivity contribution is 9.10. The number of nitrogens with one attached hydrogen (secondary N) is 1. The molecule has 1 heterocycles. The minimum Gasteiger partial charge on any atom is -0.468 e. The maximum absolute atomic E-state index is 11.2. The third-order valence-corrected chi connectivity index (χ3v) is 4.19. The Morgan fingerprint density at radius 1 is 1.61 bits per heavy atom. The number of esters is 1. The number of carbonyl (C=O) groups excluding carboxylic acids is 1. The maximum atomic E-state index is 11.2. The van der Waals surface area contributed by atoms with E-state index in [1.54, 1.807) is 0 Å². The molecule has 1 rings (SSSR count). The van der Waals surface area contributed by atoms with Crippen LogP contribution in [0.4, 0.5) is 0 Å². The Labute approximate surface area is 124 Å². The molecule has 1 atom stereocenters. The predicted molar refractivity (Wildman–Crippen MR) is 76.7 cm³/mol. The molecule has 0 spiro atoms. The average Bonchev–Trinajstić information content (AvgIpc) is 2.64. The van der Waals surface area contributed by atoms with Crippen LogP contribution in [0, 0.1) is 0 Å². The molecule has 0 aliphatic carbocycles. The molecule has 5 nitrogen and oxygen atoms in total. The van der Waals surface area contributed by atoms with Crippen LogP contribution in [0.1, 0.15) is 18.3 Å². The number of alkyl halides is 1. The number of hydrogen-bond acceptors (Lipinski definition) is 4. The van der Waals surface area contributed by atoms with Crippen molar-refractivity contribution >= 4 is 37.8 Å². The summed E-state index contributed by atoms with van der Waals surface area (Å²) in [5.74, 6) is -0.277. The minimum atomic E-state index is -0.333. The second kappa shape index (κ2) is 7.25. The summed E-state index contributed by atoms with van der Waals surface area (Å²) in [4.78, 5) is 10.9. The Kier molecular flexibility index (Phi) is 6.31. The van der Waals surface area contributed by atoms with Gasteiger partial charge >= 0.3 is 5.97 Å². The van der Waals surface area contributed by atoms with E-state index in [1.807, 2.05) is 11.7 Å². The largest absolute Gasteiger partial charge is 0.468 e. The van der Waals surface area contributed by atoms with Crippen molar-refractivity contribution in [2.24, 2.45) is 7.05 Å². The van der Waals surface area contributed by atoms with Gasteiger partial charge in [-0.3, -0.25) is 9.48 Å². The first-order valence-electron chi connectivity index (χ1n) is 5.64. The van der Waals surface area contributed by atoms with Gasteiger partial charge in [0.2, 0.25) is 0 Å². The van der Waals surface area contributed by atoms with Gasteiger partial charge in [0.25, 0.3) is 0 Å². The lowest BCUT2D eigenvalue weighted by Crippen LogP contribution is -2.30. The number of aromatic nitrogens is 2. The zero-order valence-corrected chi connectivity index (χ0v) is 13.8. The molecule has 0 aliphatic heterocycles. The van der Waals surface area contributed by atoms with E-state index in [-0.39, 0.29) is 10.8 Å². The normalized spacial score (nSPS) is 12.5. The van der Waals surface area contributed by atoms with Crippen molar-refractivity contribution in [2.75, 3.05) is 13.7 Å². The number of rotatable bonds is 6. The van der Waals surface area contributed by atoms with Gasteiger partial charge in [0.05, 0.1) is 23.0 Å². The van der Waals surface area contributed by atoms with Crippen LogP contribution >= 0.6 is 31.9 Å². The van der Waals surface area contributed by atoms with Gasteiger partial charge in [0.15, 0.2) is 0 Å². The van der Waals surface area contributed by atoms with Gasteiger partial charge in [0, 0.05) is 20.1 Å². The van der Waals surface area contributed by atoms with Gasteiger partial charge in [-0.05, 0) is 22.4 Å². The number of halogens is 2. The van der Waals surface area contributed by atoms with Gasteiger partial charge in [-0.2, -0.15) is 5.10 Å². The number of methoxy groups -OCH3 is 1. The summed E-state index contributed by atoms with van der Waals surface area (Å²) >= 11 is 6.81. The van der Waals surface area contributed by atoms with E-state index in [1.165, 1.54) is 7.11 Å². The van der Waals surface area contributed by atoms with Crippen molar-refractivity contribution in [2.45, 2.75) is 24.7 Å². The van der Waals surface area contributed by atoms with Crippen LogP contribution in [0.3, 0.4) is 0 Å². The lowest BCUT2D eigenvalue weighted by molar-refractivity contribution is -0.139. The van der Waals surface area contributed by atoms with Crippen molar-refractivity contribution in [1.29, 1.82) is 0 Å². The van der Waals surface area contributed by atoms with Gasteiger partial charge in [-0.1, -0.05) is 22.9 Å². The highest BCUT2D eigenvalue weighted by Crippen LogP contribution is 2.21. The first-order valence-corrected chi connectivity index (χ1v) is 7.35. The molecule has 0 saturated carbocycles. The monoisotopic (exact) mass is 381 g/mol. The molecular formula is C11H17Br2N3O2. The number of aryl methyl sites for hydroxylation is 2. The molecule has 1 unspecified atom stereocenters. The van der Waals surface area contributed by atoms with Gasteiger partial charge in [-0.15, -0.1) is 0 Å². The molecule has 0 fully saturated rings. The summed E-state index contributed by atoms with van der Waals surface area (Å²) in [7, 11) is 3.29. The van der Waals surface area contributed by atoms with E-state index in [0.29, 0.717) is 13.1 Å². The van der Waals surface area contributed by atoms with Gasteiger partial charge in [0.1, 0.15) is 4.83 Å². The Morgan fingerprint density at radius 3 is 2.78 bits per heavy atom. The second-order valence-electron chi connectivity index (χ2n) is 3.81. The molecule has 102 valence electrons. The van der Waals surface area contributed by atoms with Crippen molar-refractivity contribution in [3.8, 4) is 0 Å². The highest BCUT2D eigenvalue weighted by Gasteiger charge is 2.16. The first kappa shape index (κ1) is 15.7. The van der Waals surface area contributed by atoms with Crippen LogP contribution in [0.25, 0.3) is 0 Å². The average molecular weight is 383 g/mol. The highest BCUT2D eigenvalue weighted by atomic mass is 79.9. The summed E-state index contributed by atoms with van der Waals surface area (Å²) in [5.41, 5.74) is 2.11. The van der Waals surface area contributed by atoms with Crippen LogP contribution in [0.5, 0.6) is 0 Å². The molecule has 0 radical (unpaired) electrons. The molecule has 1 N–H and O–H groups in total. The fourth-order valence-corrected chi connectivity index (χ4v) is 2.71. The standard InChI is InChI=1S/C11H17Br2N3O2/c1-4-8-10(13)9(16(2)15-8)6-14-5-7(12)11(17)18-3/h7,14H,4-6H2,1-3H3. The summed E-state index contributed by atoms with van der Waals surface area (Å²) in [6, 6.07) is 0. The molecule has 7 heteroatoms. The fraction of sp³-hybridized carbons (Fsp3) is 0.636. The molecular weight excluding hydrogens is 366 g/mol. The van der Waals surface area contributed by atoms with E-state index >= 15 is 0 Å². The molecule has 0 aliphatic rings. The molecule has 0 aromatic carbocycles. The smallest absolute Gasteiger partial charge is 0.320 e. The first-order chi connectivity index (χ1) is 8.51. The van der Waals surface area contributed by atoms with Gasteiger partial charge in [-0.25, -0.2) is 0 Å². The van der Waals surface area contributed by atoms with Crippen molar-refractivity contribution < 1.29 is 9.53 Å². The fourth-order valence-electron chi connectivity index (χ4n) is 1.54. The quantitative estimate of drug-likeness (QED) is 0.601. The molecule has 1 aromatic rings. The number of hydrogen-bond donors (Lipinski definition) is 1. The zero-order valence-electron chi connectivity index (χ0n) is 10.7. The number of nitrogens with zero attached hydrogens (tertiary/aromatic N) is 2. The minimum absolute atomic E-state index is 0.277. The number of ether oxygens (including phenoxy) is 1. The van der Waals surface area contributed by atoms with Crippen molar-refractivity contribution in [3.63, 3.8) is 0 Å². The maximum Gasteiger partial charge on any atom is 0.320 e. The summed E-state index contributed by atoms with van der Waals surface area (Å²) < 4.78 is 7.51. The Bertz CT molecular complexity index is 421. The van der Waals surface area contributed by atoms with E-state index in [9.17, 15) is 4.79 Å². The van der Waals surface area contributed by atoms with Gasteiger partial charge < -0.3 is 10.1 Å². The van der Waals surface area contributed by atoms with E-state index in [4.69, 9.17) is 0 Å². The molecule has 0 bridgehead atoms. The molecule has 1 aromatic heterocycles. The Morgan fingerprint density at radius 2 is 2.28 bits per heavy atom. The Hall–Kier alpha value is -0.400. The third-order valence-electron chi connectivity index (χ3n) is 2.58. The van der Waals surface area contributed by atoms with Crippen molar-refractivity contribution in [1.82, 2.24) is 15.1 Å². The molecule has 0 amide bonds. The van der Waals surface area contributed by atoms with Crippen LogP contribution < -0.4 is 5.32 Å². The molecule has 0 saturated heterocycles. The van der Waals surface area contributed by atoms with Crippen LogP contribution in [0.15, 0.2) is 4.47 Å². The SMILES string of the molecule is CCc1nn(C)c(CNCC(Br)C(=O)OC)c1Br. The lowest BCUT2D eigenvalue weighted by atomic mass is 10.3. The van der Waals surface area contributed by atoms with Crippen LogP contribution in [-0.4, -0.2) is 34.2 Å². The van der Waals surface area contributed by atoms with Crippen molar-refractivity contribution in [3.05, 3.63) is 15.9 Å². The molecule has 18 heavy (non-hydrogen) atoms. The predicted octanol–water partition coefficient (Wildman–Crippen LogP) is 1.77. The summed E-state index contributed by atoms with van der Waals surface area (Å²) in [6.07, 6.45) is 0.887. The van der Waals surface area contributed by atoms with Crippen LogP contribution in [-0.2, 0) is 29.5 Å². The van der Waals surface area contributed by atoms with E-state index < -0.39 is 0 Å². The van der Waals surface area contributed by atoms with E-state index in [0.717, 1.165) is 22.3 Å². The summed E-state index contributed by atoms with van der Waals surface area (Å²) in [6.45, 7) is 3.21. The summed E-state index contributed by atoms with van der Waals surface area (Å²) in [5, 5.41) is 7.60. The number of carbonyl (C=O) groups is 1. The van der Waals surface area contributed by atoms with Crippen LogP contribution in [0.2, 0.25) is 0 Å². The second-order valence-corrected chi connectivity index (χ2v) is 5.70. The Balaban J connectivity index is 2.54. The third kappa shape index (κ3) is 3.80. The lowest BCUT2D eigenvalue weighted by Gasteiger charge is -2.09. The zero-order chi connectivity index (χ0) is 13.7. The van der Waals surface area contributed by atoms with E-state index in [2.05, 4.69) is 53.9 Å².